The molecule has 0 aliphatic heterocycles. The number of nitrogens with two attached hydrogens (primary N) is 1. The third-order valence-corrected chi connectivity index (χ3v) is 3.29. The summed E-state index contributed by atoms with van der Waals surface area (Å²) in [6.45, 7) is 5.22. The fourth-order valence-electron chi connectivity index (χ4n) is 1.03. The highest BCUT2D eigenvalue weighted by molar-refractivity contribution is 7.10. The Hall–Kier alpha value is -0.340. The van der Waals surface area contributed by atoms with E-state index in [1.54, 1.807) is 0 Å². The molecule has 11 heavy (non-hydrogen) atoms. The average molecular weight is 169 g/mol. The maximum absolute atomic E-state index is 5.58. The molecule has 2 unspecified atom stereocenters. The van der Waals surface area contributed by atoms with Gasteiger partial charge in [-0.15, -0.1) is 11.3 Å². The number of hydrogen-bond acceptors (Lipinski definition) is 2. The average Bonchev–Trinajstić information content (AvgIpc) is 2.53. The Bertz CT molecular complexity index is 193. The number of thiophene rings is 1. The van der Waals surface area contributed by atoms with Crippen molar-refractivity contribution < 1.29 is 0 Å². The van der Waals surface area contributed by atoms with Crippen molar-refractivity contribution in [2.45, 2.75) is 19.8 Å². The summed E-state index contributed by atoms with van der Waals surface area (Å²) in [6.07, 6.45) is 0. The molecule has 62 valence electrons. The minimum Gasteiger partial charge on any atom is -0.330 e. The van der Waals surface area contributed by atoms with Gasteiger partial charge in [-0.2, -0.15) is 0 Å². The molecule has 0 amide bonds. The molecule has 1 rings (SSSR count). The maximum atomic E-state index is 5.58. The second-order valence-electron chi connectivity index (χ2n) is 3.02. The van der Waals surface area contributed by atoms with Crippen molar-refractivity contribution in [2.24, 2.45) is 11.7 Å². The monoisotopic (exact) mass is 169 g/mol. The Labute approximate surface area is 72.2 Å². The van der Waals surface area contributed by atoms with Gasteiger partial charge < -0.3 is 5.73 Å². The maximum Gasteiger partial charge on any atom is 0.00765 e. The lowest BCUT2D eigenvalue weighted by molar-refractivity contribution is 0.505. The van der Waals surface area contributed by atoms with E-state index >= 15 is 0 Å². The Kier molecular flexibility index (Phi) is 3.09. The predicted octanol–water partition coefficient (Wildman–Crippen LogP) is 2.45. The van der Waals surface area contributed by atoms with E-state index in [4.69, 9.17) is 5.73 Å². The smallest absolute Gasteiger partial charge is 0.00765 e. The highest BCUT2D eigenvalue weighted by Crippen LogP contribution is 2.26. The summed E-state index contributed by atoms with van der Waals surface area (Å²) in [5.74, 6) is 1.20. The molecule has 2 N–H and O–H groups in total. The second kappa shape index (κ2) is 3.88. The van der Waals surface area contributed by atoms with Crippen LogP contribution in [-0.2, 0) is 0 Å². The second-order valence-corrected chi connectivity index (χ2v) is 4.00. The first-order chi connectivity index (χ1) is 5.25. The zero-order valence-electron chi connectivity index (χ0n) is 7.08. The Morgan fingerprint density at radius 3 is 2.73 bits per heavy atom. The van der Waals surface area contributed by atoms with Gasteiger partial charge in [0.05, 0.1) is 0 Å². The molecule has 1 aromatic rings. The largest absolute Gasteiger partial charge is 0.330 e. The topological polar surface area (TPSA) is 26.0 Å². The van der Waals surface area contributed by atoms with Crippen LogP contribution in [0.4, 0.5) is 0 Å². The number of hydrogen-bond donors (Lipinski definition) is 1. The Balaban J connectivity index is 2.62. The van der Waals surface area contributed by atoms with Crippen LogP contribution in [0.25, 0.3) is 0 Å². The van der Waals surface area contributed by atoms with Crippen LogP contribution in [0.15, 0.2) is 17.5 Å². The summed E-state index contributed by atoms with van der Waals surface area (Å²) in [5, 5.41) is 2.12. The summed E-state index contributed by atoms with van der Waals surface area (Å²) in [6, 6.07) is 4.28. The molecular formula is C9H15NS. The third-order valence-electron chi connectivity index (χ3n) is 2.22. The van der Waals surface area contributed by atoms with Crippen molar-refractivity contribution in [1.29, 1.82) is 0 Å². The van der Waals surface area contributed by atoms with E-state index < -0.39 is 0 Å². The SMILES string of the molecule is CC(CN)C(C)c1cccs1. The van der Waals surface area contributed by atoms with Crippen molar-refractivity contribution in [2.75, 3.05) is 6.54 Å². The molecule has 1 nitrogen and oxygen atoms in total. The highest BCUT2D eigenvalue weighted by atomic mass is 32.1. The minimum absolute atomic E-state index is 0.591. The predicted molar refractivity (Wildman–Crippen MR) is 51.0 cm³/mol. The molecule has 0 aliphatic rings. The van der Waals surface area contributed by atoms with E-state index in [0.29, 0.717) is 11.8 Å². The zero-order chi connectivity index (χ0) is 8.27. The summed E-state index contributed by atoms with van der Waals surface area (Å²) in [5.41, 5.74) is 5.58. The lowest BCUT2D eigenvalue weighted by atomic mass is 9.95. The van der Waals surface area contributed by atoms with E-state index in [-0.39, 0.29) is 0 Å². The van der Waals surface area contributed by atoms with Gasteiger partial charge in [0.2, 0.25) is 0 Å². The highest BCUT2D eigenvalue weighted by Gasteiger charge is 2.12. The molecule has 1 heterocycles. The van der Waals surface area contributed by atoms with Crippen LogP contribution >= 0.6 is 11.3 Å². The molecule has 0 saturated heterocycles. The standard InChI is InChI=1S/C9H15NS/c1-7(6-10)8(2)9-4-3-5-11-9/h3-5,7-8H,6,10H2,1-2H3. The van der Waals surface area contributed by atoms with E-state index in [0.717, 1.165) is 6.54 Å². The van der Waals surface area contributed by atoms with E-state index in [2.05, 4.69) is 31.4 Å². The van der Waals surface area contributed by atoms with Crippen LogP contribution < -0.4 is 5.73 Å². The lowest BCUT2D eigenvalue weighted by Crippen LogP contribution is -2.16. The summed E-state index contributed by atoms with van der Waals surface area (Å²) >= 11 is 1.82. The van der Waals surface area contributed by atoms with Gasteiger partial charge in [0, 0.05) is 4.88 Å². The molecule has 2 atom stereocenters. The summed E-state index contributed by atoms with van der Waals surface area (Å²) in [7, 11) is 0. The van der Waals surface area contributed by atoms with Crippen LogP contribution in [0.1, 0.15) is 24.6 Å². The van der Waals surface area contributed by atoms with E-state index in [9.17, 15) is 0 Å². The van der Waals surface area contributed by atoms with Crippen molar-refractivity contribution in [3.8, 4) is 0 Å². The van der Waals surface area contributed by atoms with Gasteiger partial charge in [0.15, 0.2) is 0 Å². The van der Waals surface area contributed by atoms with Crippen molar-refractivity contribution in [3.05, 3.63) is 22.4 Å². The molecular weight excluding hydrogens is 154 g/mol. The normalized spacial score (nSPS) is 16.3. The van der Waals surface area contributed by atoms with E-state index in [1.165, 1.54) is 4.88 Å². The van der Waals surface area contributed by atoms with Gasteiger partial charge in [-0.1, -0.05) is 19.9 Å². The summed E-state index contributed by atoms with van der Waals surface area (Å²) < 4.78 is 0. The van der Waals surface area contributed by atoms with Crippen molar-refractivity contribution in [3.63, 3.8) is 0 Å². The Morgan fingerprint density at radius 2 is 2.27 bits per heavy atom. The first-order valence-electron chi connectivity index (χ1n) is 3.99. The molecule has 1 aromatic heterocycles. The molecule has 0 fully saturated rings. The van der Waals surface area contributed by atoms with Crippen molar-refractivity contribution >= 4 is 11.3 Å². The fourth-order valence-corrected chi connectivity index (χ4v) is 1.95. The van der Waals surface area contributed by atoms with Crippen LogP contribution in [0.5, 0.6) is 0 Å². The Morgan fingerprint density at radius 1 is 1.55 bits per heavy atom. The van der Waals surface area contributed by atoms with Crippen LogP contribution in [0.3, 0.4) is 0 Å². The van der Waals surface area contributed by atoms with Gasteiger partial charge in [0.1, 0.15) is 0 Å². The molecule has 0 bridgehead atoms. The van der Waals surface area contributed by atoms with Gasteiger partial charge in [-0.25, -0.2) is 0 Å². The fraction of sp³-hybridized carbons (Fsp3) is 0.556. The summed E-state index contributed by atoms with van der Waals surface area (Å²) in [4.78, 5) is 1.45. The molecule has 0 saturated carbocycles. The zero-order valence-corrected chi connectivity index (χ0v) is 7.90. The molecule has 2 heteroatoms. The molecule has 0 radical (unpaired) electrons. The van der Waals surface area contributed by atoms with Gasteiger partial charge in [-0.05, 0) is 29.8 Å². The van der Waals surface area contributed by atoms with Crippen molar-refractivity contribution in [1.82, 2.24) is 0 Å². The first-order valence-corrected chi connectivity index (χ1v) is 4.87. The van der Waals surface area contributed by atoms with Crippen LogP contribution in [0.2, 0.25) is 0 Å². The molecule has 0 spiro atoms. The number of rotatable bonds is 3. The van der Waals surface area contributed by atoms with Crippen LogP contribution in [0, 0.1) is 5.92 Å². The minimum atomic E-state index is 0.591. The first kappa shape index (κ1) is 8.75. The molecule has 0 aliphatic carbocycles. The third kappa shape index (κ3) is 2.04. The van der Waals surface area contributed by atoms with Gasteiger partial charge >= 0.3 is 0 Å². The van der Waals surface area contributed by atoms with Crippen LogP contribution in [-0.4, -0.2) is 6.54 Å². The van der Waals surface area contributed by atoms with Gasteiger partial charge in [0.25, 0.3) is 0 Å². The molecule has 0 aromatic carbocycles. The quantitative estimate of drug-likeness (QED) is 0.739. The van der Waals surface area contributed by atoms with Gasteiger partial charge in [-0.3, -0.25) is 0 Å². The van der Waals surface area contributed by atoms with E-state index in [1.807, 2.05) is 11.3 Å². The lowest BCUT2D eigenvalue weighted by Gasteiger charge is -2.15.